The summed E-state index contributed by atoms with van der Waals surface area (Å²) in [5.74, 6) is -1.25. The molecule has 0 aliphatic carbocycles. The third-order valence-electron chi connectivity index (χ3n) is 1.89. The Morgan fingerprint density at radius 3 is 2.80 bits per heavy atom. The van der Waals surface area contributed by atoms with Crippen molar-refractivity contribution < 1.29 is 9.90 Å². The minimum absolute atomic E-state index is 0.327. The van der Waals surface area contributed by atoms with E-state index in [4.69, 9.17) is 16.1 Å². The lowest BCUT2D eigenvalue weighted by atomic mass is 10.1. The average molecular weight is 202 g/mol. The lowest BCUT2D eigenvalue weighted by Crippen LogP contribution is -1.98. The summed E-state index contributed by atoms with van der Waals surface area (Å²) < 4.78 is 0. The van der Waals surface area contributed by atoms with Crippen molar-refractivity contribution in [2.45, 2.75) is 6.92 Å². The molecule has 4 heteroatoms. The molecule has 0 atom stereocenters. The Hall–Kier alpha value is -2.28. The standard InChI is InChI=1S/C11H10N2O2/c1-7-2-3-10(13)8(4-7)5-9(6-12)11(14)15/h2-5H,13H2,1H3,(H,14,15)/b9-5-. The van der Waals surface area contributed by atoms with Crippen LogP contribution < -0.4 is 5.73 Å². The number of carboxylic acids is 1. The predicted molar refractivity (Wildman–Crippen MR) is 56.8 cm³/mol. The number of benzene rings is 1. The first-order chi connectivity index (χ1) is 7.04. The van der Waals surface area contributed by atoms with E-state index in [0.717, 1.165) is 5.56 Å². The minimum atomic E-state index is -1.25. The maximum atomic E-state index is 10.6. The van der Waals surface area contributed by atoms with Crippen LogP contribution >= 0.6 is 0 Å². The number of hydrogen-bond acceptors (Lipinski definition) is 3. The van der Waals surface area contributed by atoms with E-state index in [9.17, 15) is 4.79 Å². The van der Waals surface area contributed by atoms with Gasteiger partial charge in [-0.2, -0.15) is 5.26 Å². The summed E-state index contributed by atoms with van der Waals surface area (Å²) in [7, 11) is 0. The van der Waals surface area contributed by atoms with Gasteiger partial charge in [0.05, 0.1) is 0 Å². The van der Waals surface area contributed by atoms with Gasteiger partial charge in [-0.25, -0.2) is 4.79 Å². The third-order valence-corrected chi connectivity index (χ3v) is 1.89. The molecule has 0 bridgehead atoms. The smallest absolute Gasteiger partial charge is 0.346 e. The molecule has 0 spiro atoms. The van der Waals surface area contributed by atoms with Crippen LogP contribution in [0.2, 0.25) is 0 Å². The number of carbonyl (C=O) groups is 1. The number of rotatable bonds is 2. The summed E-state index contributed by atoms with van der Waals surface area (Å²) in [6.07, 6.45) is 1.27. The van der Waals surface area contributed by atoms with Gasteiger partial charge in [0.2, 0.25) is 0 Å². The number of nitriles is 1. The summed E-state index contributed by atoms with van der Waals surface area (Å²) in [6.45, 7) is 1.86. The van der Waals surface area contributed by atoms with Crippen molar-refractivity contribution in [2.24, 2.45) is 0 Å². The van der Waals surface area contributed by atoms with Crippen LogP contribution in [-0.4, -0.2) is 11.1 Å². The first-order valence-electron chi connectivity index (χ1n) is 4.26. The van der Waals surface area contributed by atoms with Gasteiger partial charge in [0, 0.05) is 5.69 Å². The molecule has 0 amide bonds. The Morgan fingerprint density at radius 2 is 2.27 bits per heavy atom. The number of carboxylic acid groups (broad SMARTS) is 1. The van der Waals surface area contributed by atoms with E-state index in [1.807, 2.05) is 13.0 Å². The van der Waals surface area contributed by atoms with E-state index in [1.165, 1.54) is 6.08 Å². The van der Waals surface area contributed by atoms with Crippen LogP contribution in [-0.2, 0) is 4.79 Å². The van der Waals surface area contributed by atoms with Crippen LogP contribution in [0.15, 0.2) is 23.8 Å². The van der Waals surface area contributed by atoms with E-state index in [1.54, 1.807) is 18.2 Å². The van der Waals surface area contributed by atoms with Gasteiger partial charge in [-0.1, -0.05) is 11.6 Å². The predicted octanol–water partition coefficient (Wildman–Crippen LogP) is 1.57. The second-order valence-electron chi connectivity index (χ2n) is 3.11. The van der Waals surface area contributed by atoms with Gasteiger partial charge in [-0.15, -0.1) is 0 Å². The summed E-state index contributed by atoms with van der Waals surface area (Å²) in [5.41, 5.74) is 7.28. The van der Waals surface area contributed by atoms with Crippen LogP contribution in [0.4, 0.5) is 5.69 Å². The highest BCUT2D eigenvalue weighted by atomic mass is 16.4. The van der Waals surface area contributed by atoms with Crippen molar-refractivity contribution in [1.29, 1.82) is 5.26 Å². The molecule has 3 N–H and O–H groups in total. The number of anilines is 1. The number of nitrogen functional groups attached to an aromatic ring is 1. The molecule has 1 aromatic rings. The number of nitrogens with two attached hydrogens (primary N) is 1. The molecule has 0 saturated carbocycles. The zero-order valence-electron chi connectivity index (χ0n) is 8.19. The topological polar surface area (TPSA) is 87.1 Å². The average Bonchev–Trinajstić information content (AvgIpc) is 2.18. The van der Waals surface area contributed by atoms with Gasteiger partial charge in [-0.05, 0) is 30.7 Å². The monoisotopic (exact) mass is 202 g/mol. The molecular weight excluding hydrogens is 192 g/mol. The molecule has 1 aromatic carbocycles. The highest BCUT2D eigenvalue weighted by Gasteiger charge is 2.06. The quantitative estimate of drug-likeness (QED) is 0.433. The highest BCUT2D eigenvalue weighted by Crippen LogP contribution is 2.17. The second-order valence-corrected chi connectivity index (χ2v) is 3.11. The molecule has 0 saturated heterocycles. The number of aliphatic carboxylic acids is 1. The van der Waals surface area contributed by atoms with Gasteiger partial charge in [0.15, 0.2) is 0 Å². The molecule has 0 aliphatic rings. The maximum absolute atomic E-state index is 10.6. The van der Waals surface area contributed by atoms with Crippen LogP contribution in [0.5, 0.6) is 0 Å². The van der Waals surface area contributed by atoms with Gasteiger partial charge in [-0.3, -0.25) is 0 Å². The third kappa shape index (κ3) is 2.58. The first kappa shape index (κ1) is 10.8. The van der Waals surface area contributed by atoms with E-state index in [-0.39, 0.29) is 5.57 Å². The van der Waals surface area contributed by atoms with Crippen LogP contribution in [0, 0.1) is 18.3 Å². The molecule has 0 radical (unpaired) electrons. The van der Waals surface area contributed by atoms with Crippen LogP contribution in [0.1, 0.15) is 11.1 Å². The first-order valence-corrected chi connectivity index (χ1v) is 4.26. The van der Waals surface area contributed by atoms with E-state index in [2.05, 4.69) is 0 Å². The van der Waals surface area contributed by atoms with Gasteiger partial charge >= 0.3 is 5.97 Å². The Kier molecular flexibility index (Phi) is 3.09. The lowest BCUT2D eigenvalue weighted by molar-refractivity contribution is -0.132. The lowest BCUT2D eigenvalue weighted by Gasteiger charge is -2.01. The molecule has 0 fully saturated rings. The number of aryl methyl sites for hydroxylation is 1. The van der Waals surface area contributed by atoms with Crippen molar-refractivity contribution in [1.82, 2.24) is 0 Å². The normalized spacial score (nSPS) is 10.8. The molecule has 4 nitrogen and oxygen atoms in total. The molecule has 15 heavy (non-hydrogen) atoms. The summed E-state index contributed by atoms with van der Waals surface area (Å²) in [5, 5.41) is 17.2. The molecular formula is C11H10N2O2. The number of hydrogen-bond donors (Lipinski definition) is 2. The fourth-order valence-electron chi connectivity index (χ4n) is 1.12. The summed E-state index contributed by atoms with van der Waals surface area (Å²) in [4.78, 5) is 10.6. The minimum Gasteiger partial charge on any atom is -0.477 e. The Labute approximate surface area is 87.3 Å². The summed E-state index contributed by atoms with van der Waals surface area (Å²) in [6, 6.07) is 6.83. The Bertz CT molecular complexity index is 470. The van der Waals surface area contributed by atoms with Crippen LogP contribution in [0.3, 0.4) is 0 Å². The molecule has 0 unspecified atom stereocenters. The fraction of sp³-hybridized carbons (Fsp3) is 0.0909. The second kappa shape index (κ2) is 4.29. The molecule has 1 rings (SSSR count). The largest absolute Gasteiger partial charge is 0.477 e. The molecule has 76 valence electrons. The van der Waals surface area contributed by atoms with Crippen molar-refractivity contribution in [2.75, 3.05) is 5.73 Å². The van der Waals surface area contributed by atoms with Crippen molar-refractivity contribution >= 4 is 17.7 Å². The SMILES string of the molecule is Cc1ccc(N)c(/C=C(/C#N)C(=O)O)c1. The van der Waals surface area contributed by atoms with E-state index >= 15 is 0 Å². The fourth-order valence-corrected chi connectivity index (χ4v) is 1.12. The van der Waals surface area contributed by atoms with Crippen molar-refractivity contribution in [3.63, 3.8) is 0 Å². The zero-order chi connectivity index (χ0) is 11.4. The van der Waals surface area contributed by atoms with Gasteiger partial charge < -0.3 is 10.8 Å². The Balaban J connectivity index is 3.23. The van der Waals surface area contributed by atoms with Crippen LogP contribution in [0.25, 0.3) is 6.08 Å². The highest BCUT2D eigenvalue weighted by molar-refractivity contribution is 5.97. The van der Waals surface area contributed by atoms with Gasteiger partial charge in [0.25, 0.3) is 0 Å². The van der Waals surface area contributed by atoms with Crippen molar-refractivity contribution in [3.8, 4) is 6.07 Å². The van der Waals surface area contributed by atoms with E-state index < -0.39 is 5.97 Å². The number of nitrogens with zero attached hydrogens (tertiary/aromatic N) is 1. The van der Waals surface area contributed by atoms with E-state index in [0.29, 0.717) is 11.3 Å². The summed E-state index contributed by atoms with van der Waals surface area (Å²) >= 11 is 0. The zero-order valence-corrected chi connectivity index (χ0v) is 8.19. The van der Waals surface area contributed by atoms with Crippen molar-refractivity contribution in [3.05, 3.63) is 34.9 Å². The van der Waals surface area contributed by atoms with Gasteiger partial charge in [0.1, 0.15) is 11.6 Å². The molecule has 0 aromatic heterocycles. The molecule has 0 heterocycles. The molecule has 0 aliphatic heterocycles. The Morgan fingerprint density at radius 1 is 1.60 bits per heavy atom. The maximum Gasteiger partial charge on any atom is 0.346 e.